The van der Waals surface area contributed by atoms with Crippen molar-refractivity contribution in [3.8, 4) is 0 Å². The number of nitrogens with zero attached hydrogens (tertiary/aromatic N) is 1. The van der Waals surface area contributed by atoms with Crippen LogP contribution in [-0.2, 0) is 4.84 Å². The summed E-state index contributed by atoms with van der Waals surface area (Å²) in [4.78, 5) is 5.23. The number of aliphatic hydroxyl groups excluding tert-OH is 1. The lowest BCUT2D eigenvalue weighted by molar-refractivity contribution is -0.0476. The van der Waals surface area contributed by atoms with E-state index in [1.807, 2.05) is 39.0 Å². The van der Waals surface area contributed by atoms with Crippen molar-refractivity contribution in [2.24, 2.45) is 5.16 Å². The molecule has 0 aliphatic carbocycles. The van der Waals surface area contributed by atoms with Crippen molar-refractivity contribution in [2.75, 3.05) is 0 Å². The van der Waals surface area contributed by atoms with Crippen LogP contribution in [0.15, 0.2) is 27.8 Å². The molecule has 0 radical (unpaired) electrons. The van der Waals surface area contributed by atoms with Crippen LogP contribution in [0.25, 0.3) is 0 Å². The van der Waals surface area contributed by atoms with Crippen molar-refractivity contribution in [3.63, 3.8) is 0 Å². The molecule has 0 amide bonds. The molecule has 1 aliphatic heterocycles. The van der Waals surface area contributed by atoms with Crippen molar-refractivity contribution in [2.45, 2.75) is 32.5 Å². The second-order valence-electron chi connectivity index (χ2n) is 4.53. The van der Waals surface area contributed by atoms with Gasteiger partial charge in [0.05, 0.1) is 0 Å². The van der Waals surface area contributed by atoms with Gasteiger partial charge in [0, 0.05) is 10.0 Å². The quantitative estimate of drug-likeness (QED) is 0.861. The summed E-state index contributed by atoms with van der Waals surface area (Å²) in [6.07, 6.45) is -0.688. The summed E-state index contributed by atoms with van der Waals surface area (Å²) >= 11 is 3.41. The number of rotatable bonds is 1. The first-order valence-electron chi connectivity index (χ1n) is 5.12. The Morgan fingerprint density at radius 2 is 2.12 bits per heavy atom. The Bertz CT molecular complexity index is 454. The van der Waals surface area contributed by atoms with Crippen LogP contribution < -0.4 is 0 Å². The van der Waals surface area contributed by atoms with Crippen molar-refractivity contribution in [1.29, 1.82) is 0 Å². The van der Waals surface area contributed by atoms with E-state index in [2.05, 4.69) is 21.1 Å². The minimum Gasteiger partial charge on any atom is -0.386 e. The summed E-state index contributed by atoms with van der Waals surface area (Å²) in [5, 5.41) is 14.1. The molecular weight excluding hydrogens is 270 g/mol. The van der Waals surface area contributed by atoms with E-state index in [1.165, 1.54) is 0 Å². The van der Waals surface area contributed by atoms with Crippen molar-refractivity contribution in [3.05, 3.63) is 33.8 Å². The van der Waals surface area contributed by atoms with E-state index in [9.17, 15) is 5.11 Å². The molecule has 0 saturated carbocycles. The van der Waals surface area contributed by atoms with Gasteiger partial charge in [-0.2, -0.15) is 0 Å². The zero-order valence-electron chi connectivity index (χ0n) is 9.49. The molecule has 1 N–H and O–H groups in total. The molecule has 1 aliphatic rings. The lowest BCUT2D eigenvalue weighted by atomic mass is 9.92. The molecule has 1 aromatic rings. The second kappa shape index (κ2) is 3.86. The van der Waals surface area contributed by atoms with Crippen LogP contribution in [0.3, 0.4) is 0 Å². The summed E-state index contributed by atoms with van der Waals surface area (Å²) in [7, 11) is 0. The van der Waals surface area contributed by atoms with Crippen LogP contribution in [0, 0.1) is 6.92 Å². The average molecular weight is 284 g/mol. The summed E-state index contributed by atoms with van der Waals surface area (Å²) in [6.45, 7) is 5.63. The van der Waals surface area contributed by atoms with E-state index >= 15 is 0 Å². The van der Waals surface area contributed by atoms with Crippen molar-refractivity contribution >= 4 is 21.6 Å². The van der Waals surface area contributed by atoms with Gasteiger partial charge in [-0.3, -0.25) is 0 Å². The topological polar surface area (TPSA) is 41.8 Å². The van der Waals surface area contributed by atoms with Crippen LogP contribution in [0.4, 0.5) is 0 Å². The fourth-order valence-corrected chi connectivity index (χ4v) is 2.18. The number of aliphatic hydroxyl groups is 1. The summed E-state index contributed by atoms with van der Waals surface area (Å²) in [5.74, 6) is 0. The number of aryl methyl sites for hydroxylation is 1. The van der Waals surface area contributed by atoms with E-state index in [1.54, 1.807) is 0 Å². The third kappa shape index (κ3) is 1.87. The Morgan fingerprint density at radius 1 is 1.44 bits per heavy atom. The number of hydrogen-bond donors (Lipinski definition) is 1. The standard InChI is InChI=1S/C12H14BrNO2/c1-7-6-8(13)4-5-9(7)10-11(15)12(2,3)16-14-10/h4-6,11,15H,1-3H3. The highest BCUT2D eigenvalue weighted by Crippen LogP contribution is 2.28. The lowest BCUT2D eigenvalue weighted by Crippen LogP contribution is -2.38. The molecule has 0 saturated heterocycles. The molecule has 86 valence electrons. The Kier molecular flexibility index (Phi) is 2.80. The molecule has 16 heavy (non-hydrogen) atoms. The molecule has 0 spiro atoms. The third-order valence-corrected chi connectivity index (χ3v) is 3.25. The number of halogens is 1. The highest BCUT2D eigenvalue weighted by molar-refractivity contribution is 9.10. The van der Waals surface area contributed by atoms with Gasteiger partial charge in [0.25, 0.3) is 0 Å². The van der Waals surface area contributed by atoms with Gasteiger partial charge >= 0.3 is 0 Å². The SMILES string of the molecule is Cc1cc(Br)ccc1C1=NOC(C)(C)C1O. The van der Waals surface area contributed by atoms with E-state index in [4.69, 9.17) is 4.84 Å². The number of oxime groups is 1. The minimum absolute atomic E-state index is 0.606. The monoisotopic (exact) mass is 283 g/mol. The van der Waals surface area contributed by atoms with Crippen molar-refractivity contribution < 1.29 is 9.94 Å². The molecule has 3 nitrogen and oxygen atoms in total. The molecule has 0 fully saturated rings. The Labute approximate surface area is 103 Å². The first kappa shape index (κ1) is 11.6. The average Bonchev–Trinajstić information content (AvgIpc) is 2.44. The zero-order valence-corrected chi connectivity index (χ0v) is 11.1. The largest absolute Gasteiger partial charge is 0.386 e. The first-order chi connectivity index (χ1) is 7.42. The van der Waals surface area contributed by atoms with Gasteiger partial charge in [0.2, 0.25) is 0 Å². The third-order valence-electron chi connectivity index (χ3n) is 2.76. The number of hydrogen-bond acceptors (Lipinski definition) is 3. The lowest BCUT2D eigenvalue weighted by Gasteiger charge is -2.20. The van der Waals surface area contributed by atoms with Gasteiger partial charge < -0.3 is 9.94 Å². The molecule has 0 bridgehead atoms. The molecule has 1 aromatic carbocycles. The van der Waals surface area contributed by atoms with Crippen LogP contribution in [-0.4, -0.2) is 22.5 Å². The highest BCUT2D eigenvalue weighted by Gasteiger charge is 2.40. The van der Waals surface area contributed by atoms with Crippen LogP contribution in [0.1, 0.15) is 25.0 Å². The fourth-order valence-electron chi connectivity index (χ4n) is 1.71. The Morgan fingerprint density at radius 3 is 2.62 bits per heavy atom. The molecule has 1 unspecified atom stereocenters. The predicted molar refractivity (Wildman–Crippen MR) is 66.6 cm³/mol. The number of benzene rings is 1. The fraction of sp³-hybridized carbons (Fsp3) is 0.417. The van der Waals surface area contributed by atoms with Crippen molar-refractivity contribution in [1.82, 2.24) is 0 Å². The van der Waals surface area contributed by atoms with Crippen LogP contribution in [0.5, 0.6) is 0 Å². The molecule has 0 aromatic heterocycles. The van der Waals surface area contributed by atoms with Gasteiger partial charge in [-0.05, 0) is 38.5 Å². The second-order valence-corrected chi connectivity index (χ2v) is 5.45. The van der Waals surface area contributed by atoms with E-state index in [0.29, 0.717) is 5.71 Å². The van der Waals surface area contributed by atoms with Gasteiger partial charge in [0.15, 0.2) is 5.60 Å². The maximum atomic E-state index is 10.1. The van der Waals surface area contributed by atoms with Gasteiger partial charge in [-0.15, -0.1) is 0 Å². The van der Waals surface area contributed by atoms with Gasteiger partial charge in [-0.1, -0.05) is 27.2 Å². The first-order valence-corrected chi connectivity index (χ1v) is 5.92. The van der Waals surface area contributed by atoms with E-state index in [0.717, 1.165) is 15.6 Å². The summed E-state index contributed by atoms with van der Waals surface area (Å²) in [5.41, 5.74) is 1.96. The Balaban J connectivity index is 2.40. The summed E-state index contributed by atoms with van der Waals surface area (Å²) in [6, 6.07) is 5.87. The molecule has 2 rings (SSSR count). The minimum atomic E-state index is -0.688. The van der Waals surface area contributed by atoms with Crippen LogP contribution >= 0.6 is 15.9 Å². The van der Waals surface area contributed by atoms with E-state index < -0.39 is 11.7 Å². The van der Waals surface area contributed by atoms with Gasteiger partial charge in [-0.25, -0.2) is 0 Å². The van der Waals surface area contributed by atoms with Crippen LogP contribution in [0.2, 0.25) is 0 Å². The maximum absolute atomic E-state index is 10.1. The Hall–Kier alpha value is -0.870. The van der Waals surface area contributed by atoms with Gasteiger partial charge in [0.1, 0.15) is 11.8 Å². The van der Waals surface area contributed by atoms with E-state index in [-0.39, 0.29) is 0 Å². The normalized spacial score (nSPS) is 22.8. The summed E-state index contributed by atoms with van der Waals surface area (Å²) < 4.78 is 1.02. The molecular formula is C12H14BrNO2. The smallest absolute Gasteiger partial charge is 0.163 e. The zero-order chi connectivity index (χ0) is 11.9. The molecule has 4 heteroatoms. The molecule has 1 atom stereocenters. The maximum Gasteiger partial charge on any atom is 0.163 e. The molecule has 1 heterocycles. The highest BCUT2D eigenvalue weighted by atomic mass is 79.9. The predicted octanol–water partition coefficient (Wildman–Crippen LogP) is 2.63.